The van der Waals surface area contributed by atoms with Crippen molar-refractivity contribution in [3.05, 3.63) is 37.6 Å². The van der Waals surface area contributed by atoms with Crippen LogP contribution in [-0.2, 0) is 10.0 Å². The number of azide groups is 1. The van der Waals surface area contributed by atoms with Crippen LogP contribution in [0.3, 0.4) is 0 Å². The topological polar surface area (TPSA) is 94.9 Å². The zero-order chi connectivity index (χ0) is 14.3. The van der Waals surface area contributed by atoms with E-state index in [2.05, 4.69) is 46.6 Å². The van der Waals surface area contributed by atoms with Gasteiger partial charge in [0, 0.05) is 26.9 Å². The molecular weight excluding hydrogens is 400 g/mol. The highest BCUT2D eigenvalue weighted by Crippen LogP contribution is 2.25. The lowest BCUT2D eigenvalue weighted by molar-refractivity contribution is 0.576. The van der Waals surface area contributed by atoms with E-state index >= 15 is 0 Å². The molecule has 0 fully saturated rings. The number of nitrogens with one attached hydrogen (secondary N) is 1. The van der Waals surface area contributed by atoms with E-state index < -0.39 is 10.0 Å². The Balaban J connectivity index is 2.61. The Morgan fingerprint density at radius 3 is 2.74 bits per heavy atom. The van der Waals surface area contributed by atoms with Crippen molar-refractivity contribution in [2.24, 2.45) is 5.11 Å². The van der Waals surface area contributed by atoms with Crippen molar-refractivity contribution in [2.75, 3.05) is 13.1 Å². The van der Waals surface area contributed by atoms with Crippen molar-refractivity contribution in [3.63, 3.8) is 0 Å². The molecule has 0 bridgehead atoms. The normalized spacial score (nSPS) is 11.1. The second-order valence-corrected chi connectivity index (χ2v) is 7.14. The van der Waals surface area contributed by atoms with Gasteiger partial charge in [-0.15, -0.1) is 0 Å². The fraction of sp³-hybridized carbons (Fsp3) is 0.400. The van der Waals surface area contributed by atoms with Crippen LogP contribution in [0.25, 0.3) is 10.4 Å². The summed E-state index contributed by atoms with van der Waals surface area (Å²) < 4.78 is 27.8. The minimum atomic E-state index is -3.54. The molecule has 0 aliphatic carbocycles. The average molecular weight is 412 g/mol. The van der Waals surface area contributed by atoms with E-state index in [1.165, 1.54) is 6.07 Å². The number of nitrogens with zero attached hydrogens (tertiary/aromatic N) is 3. The van der Waals surface area contributed by atoms with Gasteiger partial charge in [-0.3, -0.25) is 0 Å². The molecule has 1 N–H and O–H groups in total. The summed E-state index contributed by atoms with van der Waals surface area (Å²) in [6, 6.07) is 4.95. The quantitative estimate of drug-likeness (QED) is 0.321. The fourth-order valence-corrected chi connectivity index (χ4v) is 3.89. The summed E-state index contributed by atoms with van der Waals surface area (Å²) >= 11 is 6.45. The molecule has 0 saturated heterocycles. The minimum absolute atomic E-state index is 0.192. The van der Waals surface area contributed by atoms with Crippen LogP contribution < -0.4 is 4.72 Å². The maximum atomic E-state index is 12.1. The molecular formula is C10H12Br2N4O2S. The molecule has 0 unspecified atom stereocenters. The number of unbranched alkanes of at least 4 members (excludes halogenated alkanes) is 1. The van der Waals surface area contributed by atoms with Crippen LogP contribution in [0.4, 0.5) is 0 Å². The Labute approximate surface area is 128 Å². The third kappa shape index (κ3) is 5.50. The number of benzene rings is 1. The second-order valence-electron chi connectivity index (χ2n) is 3.63. The van der Waals surface area contributed by atoms with Crippen molar-refractivity contribution in [2.45, 2.75) is 17.7 Å². The summed E-state index contributed by atoms with van der Waals surface area (Å²) in [4.78, 5) is 2.82. The first-order valence-electron chi connectivity index (χ1n) is 5.43. The molecule has 0 spiro atoms. The highest BCUT2D eigenvalue weighted by Gasteiger charge is 2.17. The van der Waals surface area contributed by atoms with E-state index in [4.69, 9.17) is 5.53 Å². The summed E-state index contributed by atoms with van der Waals surface area (Å²) in [5.41, 5.74) is 8.09. The zero-order valence-corrected chi connectivity index (χ0v) is 13.9. The highest BCUT2D eigenvalue weighted by molar-refractivity contribution is 9.11. The van der Waals surface area contributed by atoms with E-state index in [-0.39, 0.29) is 4.90 Å². The van der Waals surface area contributed by atoms with Crippen molar-refractivity contribution in [1.29, 1.82) is 0 Å². The lowest BCUT2D eigenvalue weighted by atomic mass is 10.3. The molecule has 6 nitrogen and oxygen atoms in total. The van der Waals surface area contributed by atoms with Gasteiger partial charge in [-0.1, -0.05) is 21.0 Å². The van der Waals surface area contributed by atoms with Gasteiger partial charge in [-0.05, 0) is 52.5 Å². The van der Waals surface area contributed by atoms with E-state index in [0.29, 0.717) is 34.9 Å². The standard InChI is InChI=1S/C10H12Br2N4O2S/c11-8-3-4-9(12)10(7-8)19(17,18)15-6-2-1-5-14-16-13/h3-4,7,15H,1-2,5-6H2. The van der Waals surface area contributed by atoms with E-state index in [9.17, 15) is 8.42 Å². The van der Waals surface area contributed by atoms with Gasteiger partial charge < -0.3 is 0 Å². The van der Waals surface area contributed by atoms with Crippen molar-refractivity contribution >= 4 is 41.9 Å². The largest absolute Gasteiger partial charge is 0.241 e. The molecule has 0 amide bonds. The number of sulfonamides is 1. The summed E-state index contributed by atoms with van der Waals surface area (Å²) in [5.74, 6) is 0. The minimum Gasteiger partial charge on any atom is -0.211 e. The van der Waals surface area contributed by atoms with Gasteiger partial charge >= 0.3 is 0 Å². The average Bonchev–Trinajstić information content (AvgIpc) is 2.36. The first-order valence-corrected chi connectivity index (χ1v) is 8.50. The van der Waals surface area contributed by atoms with Gasteiger partial charge in [0.15, 0.2) is 0 Å². The molecule has 0 atom stereocenters. The smallest absolute Gasteiger partial charge is 0.211 e. The Bertz CT molecular complexity index is 585. The lowest BCUT2D eigenvalue weighted by Gasteiger charge is -2.08. The van der Waals surface area contributed by atoms with Crippen LogP contribution >= 0.6 is 31.9 Å². The molecule has 0 aliphatic heterocycles. The Kier molecular flexibility index (Phi) is 6.81. The number of rotatable bonds is 7. The van der Waals surface area contributed by atoms with Crippen LogP contribution in [0.2, 0.25) is 0 Å². The van der Waals surface area contributed by atoms with Gasteiger partial charge in [0.05, 0.1) is 4.90 Å². The van der Waals surface area contributed by atoms with Gasteiger partial charge in [0.25, 0.3) is 0 Å². The Hall–Kier alpha value is -0.600. The lowest BCUT2D eigenvalue weighted by Crippen LogP contribution is -2.25. The van der Waals surface area contributed by atoms with Crippen LogP contribution in [0.1, 0.15) is 12.8 Å². The molecule has 0 aromatic heterocycles. The van der Waals surface area contributed by atoms with Crippen LogP contribution in [0.15, 0.2) is 37.2 Å². The van der Waals surface area contributed by atoms with Crippen LogP contribution in [-0.4, -0.2) is 21.5 Å². The number of halogens is 2. The molecule has 19 heavy (non-hydrogen) atoms. The second kappa shape index (κ2) is 7.86. The molecule has 0 aliphatic rings. The van der Waals surface area contributed by atoms with Crippen molar-refractivity contribution in [3.8, 4) is 0 Å². The Morgan fingerprint density at radius 2 is 2.05 bits per heavy atom. The fourth-order valence-electron chi connectivity index (χ4n) is 1.32. The third-order valence-corrected chi connectivity index (χ3v) is 5.17. The van der Waals surface area contributed by atoms with E-state index in [1.807, 2.05) is 0 Å². The summed E-state index contributed by atoms with van der Waals surface area (Å²) in [6.07, 6.45) is 1.26. The van der Waals surface area contributed by atoms with E-state index in [0.717, 1.165) is 0 Å². The molecule has 1 aromatic carbocycles. The molecule has 0 heterocycles. The summed E-state index contributed by atoms with van der Waals surface area (Å²) in [5, 5.41) is 3.38. The van der Waals surface area contributed by atoms with Gasteiger partial charge in [0.2, 0.25) is 10.0 Å². The summed E-state index contributed by atoms with van der Waals surface area (Å²) in [6.45, 7) is 0.682. The first kappa shape index (κ1) is 16.5. The SMILES string of the molecule is [N-]=[N+]=NCCCCNS(=O)(=O)c1cc(Br)ccc1Br. The van der Waals surface area contributed by atoms with Crippen LogP contribution in [0, 0.1) is 0 Å². The highest BCUT2D eigenvalue weighted by atomic mass is 79.9. The maximum Gasteiger partial charge on any atom is 0.241 e. The van der Waals surface area contributed by atoms with Gasteiger partial charge in [-0.2, -0.15) is 0 Å². The zero-order valence-electron chi connectivity index (χ0n) is 9.88. The molecule has 1 aromatic rings. The third-order valence-electron chi connectivity index (χ3n) is 2.22. The molecule has 0 saturated carbocycles. The monoisotopic (exact) mass is 410 g/mol. The van der Waals surface area contributed by atoms with Crippen molar-refractivity contribution < 1.29 is 8.42 Å². The number of hydrogen-bond acceptors (Lipinski definition) is 3. The number of hydrogen-bond donors (Lipinski definition) is 1. The maximum absolute atomic E-state index is 12.1. The van der Waals surface area contributed by atoms with Gasteiger partial charge in [-0.25, -0.2) is 13.1 Å². The van der Waals surface area contributed by atoms with Gasteiger partial charge in [0.1, 0.15) is 0 Å². The van der Waals surface area contributed by atoms with Crippen molar-refractivity contribution in [1.82, 2.24) is 4.72 Å². The molecule has 9 heteroatoms. The predicted octanol–water partition coefficient (Wildman–Crippen LogP) is 3.58. The Morgan fingerprint density at radius 1 is 1.32 bits per heavy atom. The van der Waals surface area contributed by atoms with Crippen LogP contribution in [0.5, 0.6) is 0 Å². The first-order chi connectivity index (χ1) is 8.97. The summed E-state index contributed by atoms with van der Waals surface area (Å²) in [7, 11) is -3.54. The molecule has 1 rings (SSSR count). The molecule has 104 valence electrons. The predicted molar refractivity (Wildman–Crippen MR) is 80.3 cm³/mol. The molecule has 0 radical (unpaired) electrons. The van der Waals surface area contributed by atoms with E-state index in [1.54, 1.807) is 12.1 Å².